The minimum absolute atomic E-state index is 0.0765. The van der Waals surface area contributed by atoms with E-state index in [-0.39, 0.29) is 25.7 Å². The minimum Gasteiger partial charge on any atom is -0.395 e. The van der Waals surface area contributed by atoms with Gasteiger partial charge in [-0.05, 0) is 29.8 Å². The Morgan fingerprint density at radius 2 is 2.15 bits per heavy atom. The number of urea groups is 1. The van der Waals surface area contributed by atoms with E-state index in [1.807, 2.05) is 17.7 Å². The van der Waals surface area contributed by atoms with Crippen molar-refractivity contribution in [2.75, 3.05) is 25.5 Å². The third-order valence-electron chi connectivity index (χ3n) is 5.01. The predicted molar refractivity (Wildman–Crippen MR) is 124 cm³/mol. The summed E-state index contributed by atoms with van der Waals surface area (Å²) in [7, 11) is 3.68. The van der Waals surface area contributed by atoms with E-state index in [1.54, 1.807) is 19.4 Å². The first-order valence-corrected chi connectivity index (χ1v) is 10.2. The van der Waals surface area contributed by atoms with Gasteiger partial charge in [0.05, 0.1) is 25.0 Å². The van der Waals surface area contributed by atoms with Crippen LogP contribution in [0.25, 0.3) is 33.3 Å². The van der Waals surface area contributed by atoms with Crippen molar-refractivity contribution in [2.45, 2.75) is 6.54 Å². The molecule has 4 rings (SSSR count). The molecule has 3 heterocycles. The van der Waals surface area contributed by atoms with E-state index >= 15 is 0 Å². The predicted octanol–water partition coefficient (Wildman–Crippen LogP) is 1.40. The van der Waals surface area contributed by atoms with Crippen LogP contribution in [0.1, 0.15) is 5.56 Å². The molecule has 0 unspecified atom stereocenters. The SMILES string of the molecule is CNc1nc2[nH]c(-c3cc(F)cc(CN=C(NCCO)NC(N)=O)c3)cc2c2c1ncn2C. The van der Waals surface area contributed by atoms with Crippen molar-refractivity contribution in [3.05, 3.63) is 42.0 Å². The van der Waals surface area contributed by atoms with Crippen LogP contribution in [0.15, 0.2) is 35.6 Å². The van der Waals surface area contributed by atoms with Gasteiger partial charge in [0, 0.05) is 37.3 Å². The molecule has 7 N–H and O–H groups in total. The van der Waals surface area contributed by atoms with Gasteiger partial charge in [-0.15, -0.1) is 0 Å². The average Bonchev–Trinajstić information content (AvgIpc) is 3.38. The molecule has 33 heavy (non-hydrogen) atoms. The van der Waals surface area contributed by atoms with Gasteiger partial charge in [0.15, 0.2) is 11.8 Å². The molecule has 11 nitrogen and oxygen atoms in total. The molecule has 0 spiro atoms. The van der Waals surface area contributed by atoms with E-state index in [4.69, 9.17) is 10.8 Å². The van der Waals surface area contributed by atoms with Crippen molar-refractivity contribution in [3.63, 3.8) is 0 Å². The van der Waals surface area contributed by atoms with Gasteiger partial charge in [0.25, 0.3) is 0 Å². The zero-order valence-corrected chi connectivity index (χ0v) is 18.1. The number of aryl methyl sites for hydroxylation is 1. The Morgan fingerprint density at radius 1 is 1.33 bits per heavy atom. The fourth-order valence-electron chi connectivity index (χ4n) is 3.63. The van der Waals surface area contributed by atoms with Crippen LogP contribution in [-0.4, -0.2) is 56.8 Å². The second-order valence-corrected chi connectivity index (χ2v) is 7.36. The van der Waals surface area contributed by atoms with Crippen molar-refractivity contribution in [2.24, 2.45) is 17.8 Å². The van der Waals surface area contributed by atoms with Crippen LogP contribution in [-0.2, 0) is 13.6 Å². The maximum Gasteiger partial charge on any atom is 0.318 e. The molecule has 172 valence electrons. The topological polar surface area (TPSA) is 158 Å². The van der Waals surface area contributed by atoms with E-state index in [0.29, 0.717) is 28.3 Å². The third kappa shape index (κ3) is 4.55. The lowest BCUT2D eigenvalue weighted by atomic mass is 10.1. The van der Waals surface area contributed by atoms with Crippen LogP contribution in [0, 0.1) is 5.82 Å². The Balaban J connectivity index is 1.71. The Morgan fingerprint density at radius 3 is 2.88 bits per heavy atom. The van der Waals surface area contributed by atoms with E-state index in [0.717, 1.165) is 16.4 Å². The highest BCUT2D eigenvalue weighted by molar-refractivity contribution is 6.07. The fraction of sp³-hybridized carbons (Fsp3) is 0.238. The smallest absolute Gasteiger partial charge is 0.318 e. The number of H-pyrrole nitrogens is 1. The van der Waals surface area contributed by atoms with Crippen molar-refractivity contribution in [1.29, 1.82) is 0 Å². The van der Waals surface area contributed by atoms with Crippen molar-refractivity contribution in [3.8, 4) is 11.3 Å². The minimum atomic E-state index is -0.799. The number of aliphatic hydroxyl groups is 1. The highest BCUT2D eigenvalue weighted by Gasteiger charge is 2.16. The number of rotatable bonds is 6. The van der Waals surface area contributed by atoms with Crippen LogP contribution < -0.4 is 21.7 Å². The number of guanidine groups is 1. The molecule has 0 aliphatic rings. The largest absolute Gasteiger partial charge is 0.395 e. The number of carbonyl (C=O) groups is 1. The molecule has 0 bridgehead atoms. The van der Waals surface area contributed by atoms with Gasteiger partial charge in [-0.3, -0.25) is 5.32 Å². The molecule has 4 aromatic rings. The Labute approximate surface area is 187 Å². The van der Waals surface area contributed by atoms with Gasteiger partial charge in [-0.1, -0.05) is 0 Å². The maximum absolute atomic E-state index is 14.5. The van der Waals surface area contributed by atoms with E-state index in [9.17, 15) is 9.18 Å². The fourth-order valence-corrected chi connectivity index (χ4v) is 3.63. The highest BCUT2D eigenvalue weighted by atomic mass is 19.1. The van der Waals surface area contributed by atoms with Crippen molar-refractivity contribution >= 4 is 39.9 Å². The molecule has 12 heteroatoms. The highest BCUT2D eigenvalue weighted by Crippen LogP contribution is 2.32. The number of aliphatic imine (C=N–C) groups is 1. The van der Waals surface area contributed by atoms with Crippen LogP contribution in [0.3, 0.4) is 0 Å². The quantitative estimate of drug-likeness (QED) is 0.191. The number of anilines is 1. The van der Waals surface area contributed by atoms with Gasteiger partial charge in [0.1, 0.15) is 17.0 Å². The first-order chi connectivity index (χ1) is 15.9. The number of nitrogens with two attached hydrogens (primary N) is 1. The van der Waals surface area contributed by atoms with E-state index in [2.05, 4.69) is 35.9 Å². The van der Waals surface area contributed by atoms with Gasteiger partial charge in [-0.2, -0.15) is 0 Å². The molecular formula is C21H24FN9O2. The monoisotopic (exact) mass is 453 g/mol. The van der Waals surface area contributed by atoms with Crippen LogP contribution >= 0.6 is 0 Å². The lowest BCUT2D eigenvalue weighted by Crippen LogP contribution is -2.44. The molecule has 0 atom stereocenters. The molecule has 0 aliphatic heterocycles. The number of fused-ring (bicyclic) bond motifs is 3. The molecule has 2 amide bonds. The number of aliphatic hydroxyl groups excluding tert-OH is 1. The Kier molecular flexibility index (Phi) is 6.09. The Bertz CT molecular complexity index is 1360. The third-order valence-corrected chi connectivity index (χ3v) is 5.01. The number of amides is 2. The summed E-state index contributed by atoms with van der Waals surface area (Å²) < 4.78 is 16.4. The van der Waals surface area contributed by atoms with Crippen LogP contribution in [0.5, 0.6) is 0 Å². The zero-order chi connectivity index (χ0) is 23.5. The first kappa shape index (κ1) is 22.0. The number of primary amides is 1. The zero-order valence-electron chi connectivity index (χ0n) is 18.1. The van der Waals surface area contributed by atoms with Gasteiger partial charge < -0.3 is 31.0 Å². The lowest BCUT2D eigenvalue weighted by molar-refractivity contribution is 0.252. The van der Waals surface area contributed by atoms with Gasteiger partial charge >= 0.3 is 6.03 Å². The number of imidazole rings is 1. The first-order valence-electron chi connectivity index (χ1n) is 10.2. The standard InChI is InChI=1S/C21H24FN9O2/c1-24-19-16-17(31(2)10-27-16)14-8-15(28-18(14)29-19)12-5-11(6-13(22)7-12)9-26-21(25-3-4-32)30-20(23)33/h5-8,10,32H,3-4,9H2,1-2H3,(H2,24,28,29)(H4,23,25,26,30,33). The number of carbonyl (C=O) groups excluding carboxylic acids is 1. The number of nitrogens with one attached hydrogen (secondary N) is 4. The number of aromatic nitrogens is 4. The average molecular weight is 453 g/mol. The van der Waals surface area contributed by atoms with Crippen molar-refractivity contribution in [1.82, 2.24) is 30.2 Å². The molecule has 0 saturated carbocycles. The van der Waals surface area contributed by atoms with Gasteiger partial charge in [-0.25, -0.2) is 24.1 Å². The Hall–Kier alpha value is -4.19. The number of hydrogen-bond acceptors (Lipinski definition) is 6. The number of aromatic amines is 1. The number of hydrogen-bond donors (Lipinski definition) is 6. The van der Waals surface area contributed by atoms with Gasteiger partial charge in [0.2, 0.25) is 0 Å². The molecule has 0 aliphatic carbocycles. The maximum atomic E-state index is 14.5. The normalized spacial score (nSPS) is 11.8. The molecule has 0 saturated heterocycles. The number of halogens is 1. The number of nitrogens with zero attached hydrogens (tertiary/aromatic N) is 4. The number of benzene rings is 1. The molecule has 0 radical (unpaired) electrons. The van der Waals surface area contributed by atoms with Crippen LogP contribution in [0.2, 0.25) is 0 Å². The number of pyridine rings is 1. The van der Waals surface area contributed by atoms with Crippen molar-refractivity contribution < 1.29 is 14.3 Å². The molecule has 0 fully saturated rings. The summed E-state index contributed by atoms with van der Waals surface area (Å²) in [6.45, 7) is 0.0943. The van der Waals surface area contributed by atoms with E-state index < -0.39 is 11.8 Å². The lowest BCUT2D eigenvalue weighted by Gasteiger charge is -2.09. The molecule has 3 aromatic heterocycles. The summed E-state index contributed by atoms with van der Waals surface area (Å²) in [6, 6.07) is 5.69. The summed E-state index contributed by atoms with van der Waals surface area (Å²) in [6.07, 6.45) is 1.72. The van der Waals surface area contributed by atoms with E-state index in [1.165, 1.54) is 12.1 Å². The second kappa shape index (κ2) is 9.12. The van der Waals surface area contributed by atoms with Crippen LogP contribution in [0.4, 0.5) is 15.0 Å². The molecule has 1 aromatic carbocycles. The summed E-state index contributed by atoms with van der Waals surface area (Å²) in [5, 5.41) is 18.0. The summed E-state index contributed by atoms with van der Waals surface area (Å²) in [5.74, 6) is 0.305. The summed E-state index contributed by atoms with van der Waals surface area (Å²) >= 11 is 0. The second-order valence-electron chi connectivity index (χ2n) is 7.36. The molecular weight excluding hydrogens is 429 g/mol. The summed E-state index contributed by atoms with van der Waals surface area (Å²) in [5.41, 5.74) is 9.33. The summed E-state index contributed by atoms with van der Waals surface area (Å²) in [4.78, 5) is 27.7.